The number of ether oxygens (including phenoxy) is 1. The van der Waals surface area contributed by atoms with Crippen molar-refractivity contribution < 1.29 is 18.6 Å². The van der Waals surface area contributed by atoms with Crippen LogP contribution in [0.15, 0.2) is 17.8 Å². The van der Waals surface area contributed by atoms with Gasteiger partial charge in [0.1, 0.15) is 22.4 Å². The smallest absolute Gasteiger partial charge is 0.225 e. The number of nitrogens with zero attached hydrogens (tertiary/aromatic N) is 4. The fourth-order valence-electron chi connectivity index (χ4n) is 5.98. The molecule has 1 saturated heterocycles. The number of nitrogens with two attached hydrogens (primary N) is 1. The van der Waals surface area contributed by atoms with Gasteiger partial charge in [0.2, 0.25) is 5.95 Å². The molecular weight excluding hydrogens is 592 g/mol. The highest BCUT2D eigenvalue weighted by Crippen LogP contribution is 2.47. The molecule has 2 aliphatic heterocycles. The molecule has 1 atom stereocenters. The molecule has 2 aliphatic rings. The van der Waals surface area contributed by atoms with E-state index in [2.05, 4.69) is 34.8 Å². The highest BCUT2D eigenvalue weighted by atomic mass is 32.1. The third-order valence-corrected chi connectivity index (χ3v) is 9.59. The lowest BCUT2D eigenvalue weighted by atomic mass is 9.85. The second-order valence-corrected chi connectivity index (χ2v) is 12.7. The Bertz CT molecular complexity index is 1620. The van der Waals surface area contributed by atoms with Crippen LogP contribution in [0.2, 0.25) is 0 Å². The number of halogens is 2. The van der Waals surface area contributed by atoms with E-state index in [4.69, 9.17) is 10.5 Å². The van der Waals surface area contributed by atoms with E-state index in [1.807, 2.05) is 13.8 Å². The van der Waals surface area contributed by atoms with E-state index in [0.717, 1.165) is 67.7 Å². The van der Waals surface area contributed by atoms with E-state index in [1.54, 1.807) is 13.1 Å². The summed E-state index contributed by atoms with van der Waals surface area (Å²) < 4.78 is 37.5. The average Bonchev–Trinajstić information content (AvgIpc) is 3.82. The van der Waals surface area contributed by atoms with E-state index in [1.165, 1.54) is 18.9 Å². The van der Waals surface area contributed by atoms with Gasteiger partial charge < -0.3 is 20.5 Å². The number of aliphatic hydroxyl groups excluding tert-OH is 1. The summed E-state index contributed by atoms with van der Waals surface area (Å²) in [7, 11) is 0. The number of aromatic nitrogens is 2. The summed E-state index contributed by atoms with van der Waals surface area (Å²) in [5.74, 6) is -0.516. The van der Waals surface area contributed by atoms with Crippen LogP contribution in [-0.2, 0) is 18.0 Å². The molecular formula is C35H45F2N5O2S. The zero-order valence-corrected chi connectivity index (χ0v) is 27.9. The summed E-state index contributed by atoms with van der Waals surface area (Å²) in [5, 5.41) is 20.0. The summed E-state index contributed by atoms with van der Waals surface area (Å²) in [4.78, 5) is 11.5. The Balaban J connectivity index is 0.000000448. The van der Waals surface area contributed by atoms with E-state index >= 15 is 8.78 Å². The Morgan fingerprint density at radius 2 is 1.89 bits per heavy atom. The van der Waals surface area contributed by atoms with Gasteiger partial charge >= 0.3 is 0 Å². The molecule has 2 aromatic heterocycles. The molecule has 10 heteroatoms. The number of nitrogen functional groups attached to an aromatic ring is 1. The van der Waals surface area contributed by atoms with Crippen molar-refractivity contribution >= 4 is 44.6 Å². The van der Waals surface area contributed by atoms with Crippen LogP contribution in [0.3, 0.4) is 0 Å². The van der Waals surface area contributed by atoms with E-state index < -0.39 is 11.6 Å². The van der Waals surface area contributed by atoms with Crippen LogP contribution < -0.4 is 10.6 Å². The normalized spacial score (nSPS) is 15.9. The van der Waals surface area contributed by atoms with Gasteiger partial charge in [-0.1, -0.05) is 51.7 Å². The molecule has 45 heavy (non-hydrogen) atoms. The van der Waals surface area contributed by atoms with E-state index in [-0.39, 0.29) is 33.7 Å². The van der Waals surface area contributed by atoms with Crippen molar-refractivity contribution in [3.05, 3.63) is 56.4 Å². The van der Waals surface area contributed by atoms with Crippen LogP contribution in [0, 0.1) is 17.1 Å². The van der Waals surface area contributed by atoms with Crippen molar-refractivity contribution in [1.29, 1.82) is 5.26 Å². The quantitative estimate of drug-likeness (QED) is 0.229. The number of hydrogen-bond acceptors (Lipinski definition) is 8. The standard InChI is InChI=1S/C27H27F2N5OS.C8H18O/c1-4-14(3)20(22-15(10-30)26(31)36-25(22)19(28)5-2)21-18-13-35-12-17(18)16-11-32-27(33-24(16)23(21)29)34-8-6-7-9-34;1-3-5-7-8(9)6-4-2/h5,11H,4,6-9,12-13,31H2,1-3H3;8-9H,3-7H2,1-2H3/b19-5+,20-14+;. The Morgan fingerprint density at radius 3 is 2.51 bits per heavy atom. The molecule has 1 unspecified atom stereocenters. The van der Waals surface area contributed by atoms with Gasteiger partial charge in [-0.25, -0.2) is 18.7 Å². The summed E-state index contributed by atoms with van der Waals surface area (Å²) in [6, 6.07) is 2.13. The van der Waals surface area contributed by atoms with Crippen molar-refractivity contribution in [2.45, 2.75) is 105 Å². The summed E-state index contributed by atoms with van der Waals surface area (Å²) in [6.07, 6.45) is 11.1. The number of allylic oxidation sites excluding steroid dienone is 2. The van der Waals surface area contributed by atoms with Gasteiger partial charge in [0.15, 0.2) is 5.82 Å². The number of nitriles is 1. The molecule has 3 N–H and O–H groups in total. The molecule has 0 aliphatic carbocycles. The van der Waals surface area contributed by atoms with Crippen LogP contribution in [0.4, 0.5) is 19.7 Å². The van der Waals surface area contributed by atoms with Gasteiger partial charge in [-0.2, -0.15) is 5.26 Å². The van der Waals surface area contributed by atoms with Gasteiger partial charge in [-0.15, -0.1) is 11.3 Å². The first kappa shape index (κ1) is 34.5. The zero-order chi connectivity index (χ0) is 32.7. The maximum Gasteiger partial charge on any atom is 0.225 e. The van der Waals surface area contributed by atoms with Crippen molar-refractivity contribution in [2.75, 3.05) is 23.7 Å². The fourth-order valence-corrected chi connectivity index (χ4v) is 6.97. The van der Waals surface area contributed by atoms with E-state index in [9.17, 15) is 10.4 Å². The third-order valence-electron chi connectivity index (χ3n) is 8.56. The summed E-state index contributed by atoms with van der Waals surface area (Å²) in [5.41, 5.74) is 9.97. The molecule has 1 aromatic carbocycles. The molecule has 4 heterocycles. The second-order valence-electron chi connectivity index (χ2n) is 11.7. The minimum absolute atomic E-state index is 0.0325. The van der Waals surface area contributed by atoms with Crippen LogP contribution in [0.5, 0.6) is 0 Å². The van der Waals surface area contributed by atoms with Crippen molar-refractivity contribution in [3.8, 4) is 6.07 Å². The number of benzene rings is 1. The maximum absolute atomic E-state index is 16.7. The first-order chi connectivity index (χ1) is 21.7. The molecule has 5 rings (SSSR count). The van der Waals surface area contributed by atoms with Crippen LogP contribution in [0.1, 0.15) is 119 Å². The first-order valence-electron chi connectivity index (χ1n) is 16.1. The zero-order valence-electron chi connectivity index (χ0n) is 27.1. The third kappa shape index (κ3) is 7.21. The lowest BCUT2D eigenvalue weighted by Crippen LogP contribution is -2.20. The molecule has 0 radical (unpaired) electrons. The molecule has 0 amide bonds. The number of fused-ring (bicyclic) bond motifs is 3. The molecule has 0 spiro atoms. The summed E-state index contributed by atoms with van der Waals surface area (Å²) >= 11 is 1.00. The number of hydrogen-bond donors (Lipinski definition) is 2. The van der Waals surface area contributed by atoms with Crippen LogP contribution in [0.25, 0.3) is 22.3 Å². The Kier molecular flexibility index (Phi) is 12.1. The topological polar surface area (TPSA) is 108 Å². The summed E-state index contributed by atoms with van der Waals surface area (Å²) in [6.45, 7) is 11.8. The predicted molar refractivity (Wildman–Crippen MR) is 180 cm³/mol. The fraction of sp³-hybridized carbons (Fsp3) is 0.514. The first-order valence-corrected chi connectivity index (χ1v) is 16.9. The van der Waals surface area contributed by atoms with Gasteiger partial charge in [0, 0.05) is 35.8 Å². The van der Waals surface area contributed by atoms with Crippen molar-refractivity contribution in [2.24, 2.45) is 0 Å². The van der Waals surface area contributed by atoms with Crippen LogP contribution in [-0.4, -0.2) is 34.3 Å². The number of unbranched alkanes of at least 4 members (excludes halogenated alkanes) is 1. The predicted octanol–water partition coefficient (Wildman–Crippen LogP) is 8.81. The van der Waals surface area contributed by atoms with Gasteiger partial charge in [-0.3, -0.25) is 0 Å². The molecule has 0 bridgehead atoms. The monoisotopic (exact) mass is 637 g/mol. The minimum atomic E-state index is -0.514. The highest BCUT2D eigenvalue weighted by Gasteiger charge is 2.32. The SMILES string of the molecule is C/C=C(/F)c1sc(N)c(C#N)c1/C(=C(\C)CC)c1c2c(c3cnc(N4CCCC4)nc3c1F)COC2.CCCCC(O)CCC. The maximum atomic E-state index is 16.7. The largest absolute Gasteiger partial charge is 0.393 e. The average molecular weight is 638 g/mol. The minimum Gasteiger partial charge on any atom is -0.393 e. The number of thiophene rings is 1. The Hall–Kier alpha value is -3.39. The number of aliphatic hydroxyl groups is 1. The van der Waals surface area contributed by atoms with Gasteiger partial charge in [0.05, 0.1) is 29.8 Å². The molecule has 242 valence electrons. The molecule has 0 saturated carbocycles. The molecule has 1 fully saturated rings. The van der Waals surface area contributed by atoms with E-state index in [0.29, 0.717) is 46.6 Å². The molecule has 7 nitrogen and oxygen atoms in total. The van der Waals surface area contributed by atoms with Crippen LogP contribution >= 0.6 is 11.3 Å². The second kappa shape index (κ2) is 15.7. The highest BCUT2D eigenvalue weighted by molar-refractivity contribution is 7.17. The van der Waals surface area contributed by atoms with Crippen molar-refractivity contribution in [1.82, 2.24) is 9.97 Å². The lowest BCUT2D eigenvalue weighted by molar-refractivity contribution is 0.134. The Labute approximate surface area is 269 Å². The Morgan fingerprint density at radius 1 is 1.18 bits per heavy atom. The lowest BCUT2D eigenvalue weighted by Gasteiger charge is -2.20. The van der Waals surface area contributed by atoms with Gasteiger partial charge in [0.25, 0.3) is 0 Å². The number of anilines is 2. The number of rotatable bonds is 10. The van der Waals surface area contributed by atoms with Crippen molar-refractivity contribution in [3.63, 3.8) is 0 Å². The molecule has 3 aromatic rings. The van der Waals surface area contributed by atoms with Gasteiger partial charge in [-0.05, 0) is 62.7 Å².